The van der Waals surface area contributed by atoms with Gasteiger partial charge < -0.3 is 144 Å². The van der Waals surface area contributed by atoms with Gasteiger partial charge in [-0.25, -0.2) is 4.79 Å². The molecule has 33 atom stereocenters. The quantitative estimate of drug-likeness (QED) is 0.0220. The summed E-state index contributed by atoms with van der Waals surface area (Å²) in [6.07, 6.45) is -32.7. The molecule has 0 aromatic carbocycles. The van der Waals surface area contributed by atoms with E-state index in [0.29, 0.717) is 32.1 Å². The molecule has 0 aromatic heterocycles. The van der Waals surface area contributed by atoms with Gasteiger partial charge in [-0.1, -0.05) is 66.2 Å². The van der Waals surface area contributed by atoms with E-state index in [9.17, 15) is 96.7 Å². The summed E-state index contributed by atoms with van der Waals surface area (Å²) in [5.74, 6) is -7.26. The zero-order chi connectivity index (χ0) is 70.2. The second-order valence-electron chi connectivity index (χ2n) is 31.3. The minimum Gasteiger partial charge on any atom is -0.453 e. The fourth-order valence-corrected chi connectivity index (χ4v) is 18.6. The fourth-order valence-electron chi connectivity index (χ4n) is 18.6. The number of hydrogen-bond donors (Lipinski definition) is 18. The normalized spacial score (nSPS) is 52.7. The molecule has 18 N–H and O–H groups in total. The van der Waals surface area contributed by atoms with Crippen LogP contribution in [0, 0.1) is 50.2 Å². The lowest BCUT2D eigenvalue weighted by Crippen LogP contribution is -2.74. The van der Waals surface area contributed by atoms with Crippen LogP contribution in [0.25, 0.3) is 0 Å². The molecule has 0 bridgehead atoms. The maximum absolute atomic E-state index is 13.2. The van der Waals surface area contributed by atoms with E-state index in [-0.39, 0.29) is 29.2 Å². The average Bonchev–Trinajstić information content (AvgIpc) is 0.927. The molecule has 4 saturated carbocycles. The van der Waals surface area contributed by atoms with Gasteiger partial charge in [0.2, 0.25) is 11.6 Å². The summed E-state index contributed by atoms with van der Waals surface area (Å²) >= 11 is 0. The molecule has 546 valence electrons. The highest BCUT2D eigenvalue weighted by atomic mass is 16.8. The lowest BCUT2D eigenvalue weighted by molar-refractivity contribution is -0.445. The number of hydrogen-bond acceptors (Lipinski definition) is 30. The molecule has 30 heteroatoms. The van der Waals surface area contributed by atoms with Crippen LogP contribution in [0.15, 0.2) is 23.3 Å². The number of aliphatic hydroxyl groups is 18. The van der Waals surface area contributed by atoms with Gasteiger partial charge in [-0.3, -0.25) is 0 Å². The third-order valence-electron chi connectivity index (χ3n) is 25.0. The third kappa shape index (κ3) is 12.5. The van der Waals surface area contributed by atoms with E-state index in [0.717, 1.165) is 18.4 Å². The first-order valence-electron chi connectivity index (χ1n) is 33.4. The molecule has 0 radical (unpaired) electrons. The maximum atomic E-state index is 13.2. The summed E-state index contributed by atoms with van der Waals surface area (Å²) in [5.41, 5.74) is -5.16. The molecule has 12 unspecified atom stereocenters. The summed E-state index contributed by atoms with van der Waals surface area (Å²) in [5, 5.41) is 200. The lowest BCUT2D eigenvalue weighted by Gasteiger charge is -2.72. The van der Waals surface area contributed by atoms with Crippen molar-refractivity contribution in [2.24, 2.45) is 50.2 Å². The molecular weight excluding hydrogens is 1260 g/mol. The van der Waals surface area contributed by atoms with E-state index in [1.165, 1.54) is 26.8 Å². The number of carbonyl (C=O) groups is 1. The number of carbonyl (C=O) groups excluding carboxylic acids is 1. The van der Waals surface area contributed by atoms with Crippen LogP contribution in [0.4, 0.5) is 0 Å². The minimum absolute atomic E-state index is 0.000432. The molecule has 10 aliphatic rings. The van der Waals surface area contributed by atoms with E-state index in [4.69, 9.17) is 52.1 Å². The zero-order valence-corrected chi connectivity index (χ0v) is 55.9. The highest BCUT2D eigenvalue weighted by Gasteiger charge is 2.72. The monoisotopic (exact) mass is 1370 g/mol. The summed E-state index contributed by atoms with van der Waals surface area (Å²) in [7, 11) is 0. The van der Waals surface area contributed by atoms with Crippen LogP contribution < -0.4 is 0 Å². The van der Waals surface area contributed by atoms with Gasteiger partial charge in [0.15, 0.2) is 43.7 Å². The van der Waals surface area contributed by atoms with Crippen molar-refractivity contribution in [1.29, 1.82) is 0 Å². The standard InChI is InChI=1S/C65H106O30/c1-12-27(2)50(80)92-45-38(70)32(23-85-52-44(76)46(77)64(82,24-67)95-52)90-54(43(45)75)91-35-16-17-59(8)33(58(35,6)7)15-18-61(10)34(59)14-13-29-30-21-57(4,5)47(78)48(79)63(30,20-19-60(29,61)9)26-87-55-49(93-53-42(74)39(71)36(68)28(3)88-53)65(83,84)56(81)62(11,94-55)25-86-51-41(73)40(72)37(69)31(22-66)89-51/h12-13,28,30-49,51-56,66-79,81-84H,14-26H2,1-11H3/b27-12-/t28?,30?,31?,32?,33?,34?,35-,36-,37+,38+,39-,40+,41?,42?,43?,44-,45+,46?,47-,48-,49?,51+,52+,53-,54-,55+,56+,59-,60+,61+,62?,63-,64+/m0/s1. The van der Waals surface area contributed by atoms with Crippen molar-refractivity contribution in [3.8, 4) is 0 Å². The van der Waals surface area contributed by atoms with Crippen LogP contribution in [0.5, 0.6) is 0 Å². The average molecular weight is 1370 g/mol. The highest BCUT2D eigenvalue weighted by Crippen LogP contribution is 2.76. The van der Waals surface area contributed by atoms with Crippen LogP contribution in [0.1, 0.15) is 128 Å². The Hall–Kier alpha value is -2.17. The SMILES string of the molecule is C/C=C(/C)C(=O)O[C@H]1C(O)[C@H](O[C@H]2CC[C@@]3(C)C(CC[C@]4(C)C3CC=C3C5CC(C)(C)[C@@H](O)[C@H](O)[C@]5(CO[C@@H]5OC(C)(CO[C@@H]6OC(CO)[C@@H](O)[C@@H](O)C6O)[C@@H](O)C(O)(O)C5O[C@@H]5OC(C)[C@H](O)[C@H](O)C5O)CC[C@]34C)C2(C)C)OC(CO[C@@H]2O[C@](O)(CO)C(O)[C@@H]2O)[C@H]1O. The van der Waals surface area contributed by atoms with Gasteiger partial charge in [-0.2, -0.15) is 0 Å². The molecule has 5 heterocycles. The van der Waals surface area contributed by atoms with Crippen molar-refractivity contribution >= 4 is 5.97 Å². The van der Waals surface area contributed by atoms with Crippen LogP contribution in [0.3, 0.4) is 0 Å². The second-order valence-corrected chi connectivity index (χ2v) is 31.3. The Kier molecular flexibility index (Phi) is 21.4. The number of aliphatic hydroxyl groups excluding tert-OH is 15. The minimum atomic E-state index is -3.43. The first-order valence-corrected chi connectivity index (χ1v) is 33.4. The molecule has 5 aliphatic heterocycles. The van der Waals surface area contributed by atoms with Crippen LogP contribution in [0.2, 0.25) is 0 Å². The Balaban J connectivity index is 0.919. The predicted molar refractivity (Wildman–Crippen MR) is 321 cm³/mol. The Morgan fingerprint density at radius 2 is 1.25 bits per heavy atom. The molecule has 10 rings (SSSR count). The Morgan fingerprint density at radius 1 is 0.621 bits per heavy atom. The van der Waals surface area contributed by atoms with Crippen molar-refractivity contribution in [2.75, 3.05) is 33.0 Å². The van der Waals surface area contributed by atoms with Crippen LogP contribution in [-0.2, 0) is 56.9 Å². The van der Waals surface area contributed by atoms with Gasteiger partial charge in [0, 0.05) is 11.0 Å². The number of esters is 1. The second kappa shape index (κ2) is 26.9. The van der Waals surface area contributed by atoms with E-state index >= 15 is 0 Å². The van der Waals surface area contributed by atoms with Gasteiger partial charge >= 0.3 is 5.97 Å². The molecule has 5 saturated heterocycles. The molecule has 0 amide bonds. The molecule has 5 aliphatic carbocycles. The molecule has 9 fully saturated rings. The maximum Gasteiger partial charge on any atom is 0.333 e. The number of fused-ring (bicyclic) bond motifs is 7. The van der Waals surface area contributed by atoms with Crippen molar-refractivity contribution in [3.63, 3.8) is 0 Å². The highest BCUT2D eigenvalue weighted by molar-refractivity contribution is 5.87. The lowest BCUT2D eigenvalue weighted by atomic mass is 9.33. The Bertz CT molecular complexity index is 2770. The summed E-state index contributed by atoms with van der Waals surface area (Å²) in [6.45, 7) is 16.8. The largest absolute Gasteiger partial charge is 0.453 e. The number of ether oxygens (including phenoxy) is 11. The first-order chi connectivity index (χ1) is 44.1. The first kappa shape index (κ1) is 75.5. The molecule has 30 nitrogen and oxygen atoms in total. The molecule has 0 spiro atoms. The predicted octanol–water partition coefficient (Wildman–Crippen LogP) is -3.58. The van der Waals surface area contributed by atoms with Gasteiger partial charge in [-0.05, 0) is 124 Å². The fraction of sp³-hybridized carbons (Fsp3) is 0.923. The summed E-state index contributed by atoms with van der Waals surface area (Å²) < 4.78 is 66.1. The summed E-state index contributed by atoms with van der Waals surface area (Å²) in [6, 6.07) is 0. The topological polar surface area (TPSA) is 483 Å². The van der Waals surface area contributed by atoms with Crippen molar-refractivity contribution in [1.82, 2.24) is 0 Å². The number of allylic oxidation sites excluding steroid dienone is 3. The molecule has 0 aromatic rings. The van der Waals surface area contributed by atoms with Crippen molar-refractivity contribution in [3.05, 3.63) is 23.3 Å². The Labute approximate surface area is 551 Å². The molecule has 95 heavy (non-hydrogen) atoms. The van der Waals surface area contributed by atoms with Gasteiger partial charge in [0.1, 0.15) is 85.0 Å². The van der Waals surface area contributed by atoms with Gasteiger partial charge in [0.05, 0.1) is 57.5 Å². The third-order valence-corrected chi connectivity index (χ3v) is 25.0. The number of rotatable bonds is 17. The van der Waals surface area contributed by atoms with E-state index in [1.54, 1.807) is 6.92 Å². The summed E-state index contributed by atoms with van der Waals surface area (Å²) in [4.78, 5) is 13.2. The van der Waals surface area contributed by atoms with Crippen LogP contribution >= 0.6 is 0 Å². The van der Waals surface area contributed by atoms with Gasteiger partial charge in [0.25, 0.3) is 0 Å². The van der Waals surface area contributed by atoms with Crippen molar-refractivity contribution in [2.45, 2.75) is 292 Å². The van der Waals surface area contributed by atoms with Crippen molar-refractivity contribution < 1.29 is 149 Å². The van der Waals surface area contributed by atoms with E-state index in [2.05, 4.69) is 40.7 Å². The Morgan fingerprint density at radius 3 is 1.89 bits per heavy atom. The van der Waals surface area contributed by atoms with Crippen LogP contribution in [-0.4, -0.2) is 296 Å². The van der Waals surface area contributed by atoms with E-state index < -0.39 is 237 Å². The smallest absolute Gasteiger partial charge is 0.333 e. The van der Waals surface area contributed by atoms with Gasteiger partial charge in [-0.15, -0.1) is 0 Å². The van der Waals surface area contributed by atoms with E-state index in [1.807, 2.05) is 13.8 Å². The molecular formula is C65H106O30. The zero-order valence-electron chi connectivity index (χ0n) is 55.9.